The van der Waals surface area contributed by atoms with E-state index in [0.717, 1.165) is 21.9 Å². The Morgan fingerprint density at radius 2 is 1.48 bits per heavy atom. The van der Waals surface area contributed by atoms with Gasteiger partial charge in [0.05, 0.1) is 23.7 Å². The number of azo groups is 1. The number of esters is 1. The highest BCUT2D eigenvalue weighted by atomic mass is 79.9. The SMILES string of the molecule is CCOC(=O)C(=NNc1ccc(Br)cc1)SC(N=Nc1ccccc1)=NNc1ccccc1. The van der Waals surface area contributed by atoms with Gasteiger partial charge in [0, 0.05) is 4.47 Å². The molecule has 0 bridgehead atoms. The fraction of sp³-hybridized carbons (Fsp3) is 0.0870. The van der Waals surface area contributed by atoms with E-state index in [0.29, 0.717) is 11.4 Å². The Bertz CT molecular complexity index is 1120. The third-order valence-corrected chi connectivity index (χ3v) is 5.17. The lowest BCUT2D eigenvalue weighted by Gasteiger charge is -2.07. The van der Waals surface area contributed by atoms with Crippen molar-refractivity contribution < 1.29 is 9.53 Å². The molecule has 3 aromatic rings. The summed E-state index contributed by atoms with van der Waals surface area (Å²) in [4.78, 5) is 12.5. The van der Waals surface area contributed by atoms with Crippen LogP contribution >= 0.6 is 27.7 Å². The number of halogens is 1. The number of nitrogens with one attached hydrogen (secondary N) is 2. The van der Waals surface area contributed by atoms with Crippen LogP contribution in [0.4, 0.5) is 17.1 Å². The summed E-state index contributed by atoms with van der Waals surface area (Å²) in [5.74, 6) is -0.602. The number of amidine groups is 1. The number of para-hydroxylation sites is 1. The van der Waals surface area contributed by atoms with Gasteiger partial charge < -0.3 is 4.74 Å². The molecular formula is C23H21BrN6O2S. The van der Waals surface area contributed by atoms with Gasteiger partial charge in [-0.15, -0.1) is 15.3 Å². The number of hydrazone groups is 2. The summed E-state index contributed by atoms with van der Waals surface area (Å²) < 4.78 is 6.08. The fourth-order valence-electron chi connectivity index (χ4n) is 2.32. The largest absolute Gasteiger partial charge is 0.461 e. The molecule has 33 heavy (non-hydrogen) atoms. The predicted molar refractivity (Wildman–Crippen MR) is 138 cm³/mol. The molecule has 168 valence electrons. The number of carbonyl (C=O) groups is 1. The number of hydrogen-bond donors (Lipinski definition) is 2. The summed E-state index contributed by atoms with van der Waals surface area (Å²) in [6, 6.07) is 26.0. The van der Waals surface area contributed by atoms with Crippen LogP contribution in [0, 0.1) is 0 Å². The molecule has 0 aliphatic rings. The summed E-state index contributed by atoms with van der Waals surface area (Å²) in [6.07, 6.45) is 0. The lowest BCUT2D eigenvalue weighted by Crippen LogP contribution is -2.18. The molecule has 3 rings (SSSR count). The van der Waals surface area contributed by atoms with Crippen LogP contribution in [0.3, 0.4) is 0 Å². The monoisotopic (exact) mass is 524 g/mol. The van der Waals surface area contributed by atoms with Gasteiger partial charge in [-0.25, -0.2) is 4.79 Å². The van der Waals surface area contributed by atoms with E-state index in [1.165, 1.54) is 0 Å². The molecule has 3 aromatic carbocycles. The first-order chi connectivity index (χ1) is 16.1. The maximum Gasteiger partial charge on any atom is 0.365 e. The van der Waals surface area contributed by atoms with Crippen molar-refractivity contribution in [2.45, 2.75) is 6.92 Å². The van der Waals surface area contributed by atoms with Crippen molar-refractivity contribution in [1.82, 2.24) is 0 Å². The second-order valence-corrected chi connectivity index (χ2v) is 8.14. The first-order valence-electron chi connectivity index (χ1n) is 9.94. The van der Waals surface area contributed by atoms with Crippen LogP contribution in [0.15, 0.2) is 110 Å². The lowest BCUT2D eigenvalue weighted by molar-refractivity contribution is -0.134. The first kappa shape index (κ1) is 24.1. The topological polar surface area (TPSA) is 99.8 Å². The number of nitrogens with zero attached hydrogens (tertiary/aromatic N) is 4. The summed E-state index contributed by atoms with van der Waals surface area (Å²) in [5, 5.41) is 17.1. The van der Waals surface area contributed by atoms with Crippen LogP contribution in [0.2, 0.25) is 0 Å². The highest BCUT2D eigenvalue weighted by Crippen LogP contribution is 2.18. The minimum absolute atomic E-state index is 0.0281. The van der Waals surface area contributed by atoms with Gasteiger partial charge in [0.15, 0.2) is 0 Å². The van der Waals surface area contributed by atoms with Gasteiger partial charge in [0.1, 0.15) is 0 Å². The van der Waals surface area contributed by atoms with Crippen LogP contribution < -0.4 is 10.9 Å². The van der Waals surface area contributed by atoms with Crippen LogP contribution in [0.25, 0.3) is 0 Å². The second-order valence-electron chi connectivity index (χ2n) is 6.27. The third-order valence-electron chi connectivity index (χ3n) is 3.83. The predicted octanol–water partition coefficient (Wildman–Crippen LogP) is 6.64. The summed E-state index contributed by atoms with van der Waals surface area (Å²) in [6.45, 7) is 1.93. The Balaban J connectivity index is 1.85. The van der Waals surface area contributed by atoms with E-state index in [4.69, 9.17) is 4.74 Å². The van der Waals surface area contributed by atoms with Gasteiger partial charge in [-0.2, -0.15) is 5.10 Å². The highest BCUT2D eigenvalue weighted by molar-refractivity contribution is 9.10. The second kappa shape index (κ2) is 13.1. The van der Waals surface area contributed by atoms with Crippen molar-refractivity contribution in [3.8, 4) is 0 Å². The number of benzene rings is 3. The Morgan fingerprint density at radius 1 is 0.879 bits per heavy atom. The van der Waals surface area contributed by atoms with Gasteiger partial charge in [0.2, 0.25) is 10.2 Å². The molecular weight excluding hydrogens is 504 g/mol. The normalized spacial score (nSPS) is 11.9. The molecule has 0 aromatic heterocycles. The number of hydrogen-bond acceptors (Lipinski definition) is 8. The molecule has 0 saturated carbocycles. The van der Waals surface area contributed by atoms with E-state index in [2.05, 4.69) is 47.2 Å². The van der Waals surface area contributed by atoms with Crippen molar-refractivity contribution in [2.75, 3.05) is 17.5 Å². The molecule has 0 aliphatic heterocycles. The molecule has 0 radical (unpaired) electrons. The highest BCUT2D eigenvalue weighted by Gasteiger charge is 2.18. The zero-order chi connectivity index (χ0) is 23.3. The average molecular weight is 525 g/mol. The number of ether oxygens (including phenoxy) is 1. The minimum atomic E-state index is -0.602. The van der Waals surface area contributed by atoms with Gasteiger partial charge >= 0.3 is 5.97 Å². The quantitative estimate of drug-likeness (QED) is 0.124. The minimum Gasteiger partial charge on any atom is -0.461 e. The molecule has 2 N–H and O–H groups in total. The molecule has 8 nitrogen and oxygen atoms in total. The zero-order valence-electron chi connectivity index (χ0n) is 17.7. The third kappa shape index (κ3) is 8.51. The Morgan fingerprint density at radius 3 is 2.15 bits per heavy atom. The number of rotatable bonds is 6. The maximum atomic E-state index is 12.5. The molecule has 0 unspecified atom stereocenters. The van der Waals surface area contributed by atoms with Crippen LogP contribution in [-0.4, -0.2) is 22.8 Å². The van der Waals surface area contributed by atoms with Gasteiger partial charge in [0.25, 0.3) is 0 Å². The number of carbonyl (C=O) groups excluding carboxylic acids is 1. The van der Waals surface area contributed by atoms with Crippen molar-refractivity contribution >= 4 is 60.9 Å². The fourth-order valence-corrected chi connectivity index (χ4v) is 3.16. The van der Waals surface area contributed by atoms with Gasteiger partial charge in [-0.1, -0.05) is 52.3 Å². The van der Waals surface area contributed by atoms with Crippen molar-refractivity contribution in [3.63, 3.8) is 0 Å². The Kier molecular flexibility index (Phi) is 9.62. The summed E-state index contributed by atoms with van der Waals surface area (Å²) >= 11 is 4.32. The van der Waals surface area contributed by atoms with Crippen molar-refractivity contribution in [2.24, 2.45) is 20.4 Å². The number of thioether (sulfide) groups is 1. The smallest absolute Gasteiger partial charge is 0.365 e. The van der Waals surface area contributed by atoms with Crippen molar-refractivity contribution in [3.05, 3.63) is 89.4 Å². The van der Waals surface area contributed by atoms with E-state index in [-0.39, 0.29) is 16.8 Å². The first-order valence-corrected chi connectivity index (χ1v) is 11.5. The standard InChI is InChI=1S/C23H21BrN6O2S/c1-2-32-22(31)21(28-25-20-15-13-17(24)14-16-20)33-23(29-26-18-9-5-3-6-10-18)30-27-19-11-7-4-8-12-19/h3-16,25-26H,2H2,1H3. The summed E-state index contributed by atoms with van der Waals surface area (Å²) in [5.41, 5.74) is 7.89. The molecule has 0 atom stereocenters. The molecule has 0 amide bonds. The molecule has 0 heterocycles. The number of anilines is 2. The molecule has 0 saturated heterocycles. The Labute approximate surface area is 204 Å². The van der Waals surface area contributed by atoms with E-state index in [9.17, 15) is 4.79 Å². The van der Waals surface area contributed by atoms with E-state index in [1.807, 2.05) is 84.9 Å². The van der Waals surface area contributed by atoms with E-state index < -0.39 is 5.97 Å². The Hall–Kier alpha value is -3.50. The molecule has 10 heteroatoms. The van der Waals surface area contributed by atoms with Gasteiger partial charge in [-0.05, 0) is 67.2 Å². The molecule has 0 spiro atoms. The van der Waals surface area contributed by atoms with E-state index in [1.54, 1.807) is 6.92 Å². The van der Waals surface area contributed by atoms with Crippen LogP contribution in [0.5, 0.6) is 0 Å². The lowest BCUT2D eigenvalue weighted by atomic mass is 10.3. The van der Waals surface area contributed by atoms with Crippen molar-refractivity contribution in [1.29, 1.82) is 0 Å². The zero-order valence-corrected chi connectivity index (χ0v) is 20.1. The van der Waals surface area contributed by atoms with Crippen LogP contribution in [0.1, 0.15) is 6.92 Å². The van der Waals surface area contributed by atoms with Crippen LogP contribution in [-0.2, 0) is 9.53 Å². The average Bonchev–Trinajstić information content (AvgIpc) is 2.85. The molecule has 0 aliphatic carbocycles. The summed E-state index contributed by atoms with van der Waals surface area (Å²) in [7, 11) is 0. The maximum absolute atomic E-state index is 12.5. The van der Waals surface area contributed by atoms with E-state index >= 15 is 0 Å². The van der Waals surface area contributed by atoms with Gasteiger partial charge in [-0.3, -0.25) is 10.9 Å². The molecule has 0 fully saturated rings.